The Balaban J connectivity index is 0.00000220. The summed E-state index contributed by atoms with van der Waals surface area (Å²) in [5.41, 5.74) is 0. The first kappa shape index (κ1) is 17.7. The number of benzene rings is 1. The van der Waals surface area contributed by atoms with E-state index in [-0.39, 0.29) is 30.2 Å². The number of carbonyl (C=O) groups excluding carboxylic acids is 1. The highest BCUT2D eigenvalue weighted by Crippen LogP contribution is 2.11. The lowest BCUT2D eigenvalue weighted by Gasteiger charge is -2.23. The van der Waals surface area contributed by atoms with Crippen LogP contribution >= 0.6 is 12.4 Å². The van der Waals surface area contributed by atoms with Gasteiger partial charge >= 0.3 is 0 Å². The molecule has 0 radical (unpaired) electrons. The number of carbonyl (C=O) groups is 1. The molecule has 0 aromatic heterocycles. The number of amides is 1. The third kappa shape index (κ3) is 6.78. The van der Waals surface area contributed by atoms with E-state index < -0.39 is 0 Å². The van der Waals surface area contributed by atoms with Crippen molar-refractivity contribution in [2.75, 3.05) is 19.7 Å². The molecule has 21 heavy (non-hydrogen) atoms. The van der Waals surface area contributed by atoms with Crippen LogP contribution in [0.1, 0.15) is 25.7 Å². The van der Waals surface area contributed by atoms with Crippen molar-refractivity contribution in [3.63, 3.8) is 0 Å². The van der Waals surface area contributed by atoms with E-state index in [4.69, 9.17) is 4.74 Å². The number of hydrogen-bond acceptors (Lipinski definition) is 3. The Bertz CT molecular complexity index is 422. The van der Waals surface area contributed by atoms with Gasteiger partial charge in [-0.15, -0.1) is 12.4 Å². The molecule has 2 N–H and O–H groups in total. The maximum atomic E-state index is 12.7. The van der Waals surface area contributed by atoms with E-state index in [0.29, 0.717) is 25.2 Å². The van der Waals surface area contributed by atoms with E-state index in [1.165, 1.54) is 12.1 Å². The van der Waals surface area contributed by atoms with Gasteiger partial charge in [-0.2, -0.15) is 0 Å². The van der Waals surface area contributed by atoms with E-state index in [9.17, 15) is 9.18 Å². The zero-order valence-corrected chi connectivity index (χ0v) is 12.8. The topological polar surface area (TPSA) is 50.4 Å². The molecule has 6 heteroatoms. The van der Waals surface area contributed by atoms with Crippen LogP contribution in [-0.2, 0) is 4.79 Å². The first-order valence-corrected chi connectivity index (χ1v) is 7.12. The Kier molecular flexibility index (Phi) is 8.08. The Morgan fingerprint density at radius 2 is 2.14 bits per heavy atom. The second kappa shape index (κ2) is 9.58. The average Bonchev–Trinajstić information content (AvgIpc) is 2.46. The molecule has 0 saturated carbocycles. The number of rotatable bonds is 6. The summed E-state index contributed by atoms with van der Waals surface area (Å²) in [4.78, 5) is 11.7. The SMILES string of the molecule is Cl.O=C(CCCOc1ccc(F)cc1)NC1CCCNC1. The van der Waals surface area contributed by atoms with Crippen molar-refractivity contribution in [1.29, 1.82) is 0 Å². The predicted molar refractivity (Wildman–Crippen MR) is 82.4 cm³/mol. The Morgan fingerprint density at radius 1 is 1.38 bits per heavy atom. The molecule has 1 heterocycles. The summed E-state index contributed by atoms with van der Waals surface area (Å²) >= 11 is 0. The summed E-state index contributed by atoms with van der Waals surface area (Å²) < 4.78 is 18.1. The zero-order chi connectivity index (χ0) is 14.2. The van der Waals surface area contributed by atoms with Crippen molar-refractivity contribution < 1.29 is 13.9 Å². The van der Waals surface area contributed by atoms with E-state index in [1.54, 1.807) is 12.1 Å². The van der Waals surface area contributed by atoms with Gasteiger partial charge in [-0.1, -0.05) is 0 Å². The molecule has 1 aliphatic rings. The summed E-state index contributed by atoms with van der Waals surface area (Å²) in [6, 6.07) is 6.15. The molecule has 1 atom stereocenters. The molecule has 0 spiro atoms. The van der Waals surface area contributed by atoms with E-state index in [0.717, 1.165) is 25.9 Å². The largest absolute Gasteiger partial charge is 0.494 e. The molecule has 118 valence electrons. The third-order valence-electron chi connectivity index (χ3n) is 3.29. The third-order valence-corrected chi connectivity index (χ3v) is 3.29. The fraction of sp³-hybridized carbons (Fsp3) is 0.533. The Morgan fingerprint density at radius 3 is 2.81 bits per heavy atom. The number of halogens is 2. The number of nitrogens with one attached hydrogen (secondary N) is 2. The summed E-state index contributed by atoms with van der Waals surface area (Å²) in [5, 5.41) is 6.28. The van der Waals surface area contributed by atoms with Crippen LogP contribution in [0.25, 0.3) is 0 Å². The first-order valence-electron chi connectivity index (χ1n) is 7.12. The number of piperidine rings is 1. The summed E-state index contributed by atoms with van der Waals surface area (Å²) in [5.74, 6) is 0.419. The quantitative estimate of drug-likeness (QED) is 0.792. The lowest BCUT2D eigenvalue weighted by Crippen LogP contribution is -2.45. The molecule has 2 rings (SSSR count). The molecule has 1 saturated heterocycles. The van der Waals surface area contributed by atoms with Gasteiger partial charge in [0.15, 0.2) is 0 Å². The van der Waals surface area contributed by atoms with Gasteiger partial charge in [0.05, 0.1) is 6.61 Å². The van der Waals surface area contributed by atoms with Crippen LogP contribution in [0, 0.1) is 5.82 Å². The van der Waals surface area contributed by atoms with Crippen LogP contribution in [0.4, 0.5) is 4.39 Å². The maximum absolute atomic E-state index is 12.7. The Hall–Kier alpha value is -1.33. The van der Waals surface area contributed by atoms with E-state index in [2.05, 4.69) is 10.6 Å². The summed E-state index contributed by atoms with van der Waals surface area (Å²) in [7, 11) is 0. The average molecular weight is 317 g/mol. The van der Waals surface area contributed by atoms with Crippen molar-refractivity contribution in [3.05, 3.63) is 30.1 Å². The minimum absolute atomic E-state index is 0. The van der Waals surface area contributed by atoms with E-state index >= 15 is 0 Å². The van der Waals surface area contributed by atoms with Crippen LogP contribution in [0.5, 0.6) is 5.75 Å². The second-order valence-electron chi connectivity index (χ2n) is 5.02. The van der Waals surface area contributed by atoms with Crippen molar-refractivity contribution >= 4 is 18.3 Å². The monoisotopic (exact) mass is 316 g/mol. The first-order chi connectivity index (χ1) is 9.74. The molecule has 1 fully saturated rings. The maximum Gasteiger partial charge on any atom is 0.220 e. The van der Waals surface area contributed by atoms with Crippen molar-refractivity contribution in [2.24, 2.45) is 0 Å². The van der Waals surface area contributed by atoms with Gasteiger partial charge in [-0.05, 0) is 50.1 Å². The van der Waals surface area contributed by atoms with Crippen LogP contribution in [0.15, 0.2) is 24.3 Å². The number of ether oxygens (including phenoxy) is 1. The van der Waals surface area contributed by atoms with Gasteiger partial charge in [0.25, 0.3) is 0 Å². The molecule has 1 aromatic rings. The second-order valence-corrected chi connectivity index (χ2v) is 5.02. The standard InChI is InChI=1S/C15H21FN2O2.ClH/c16-12-5-7-14(8-6-12)20-10-2-4-15(19)18-13-3-1-9-17-11-13;/h5-8,13,17H,1-4,9-11H2,(H,18,19);1H. The molecule has 1 aliphatic heterocycles. The lowest BCUT2D eigenvalue weighted by molar-refractivity contribution is -0.122. The van der Waals surface area contributed by atoms with Gasteiger partial charge < -0.3 is 15.4 Å². The Labute approximate surface area is 130 Å². The highest BCUT2D eigenvalue weighted by Gasteiger charge is 2.14. The lowest BCUT2D eigenvalue weighted by atomic mass is 10.1. The molecule has 0 aliphatic carbocycles. The minimum atomic E-state index is -0.280. The van der Waals surface area contributed by atoms with Crippen LogP contribution in [-0.4, -0.2) is 31.6 Å². The number of hydrogen-bond donors (Lipinski definition) is 2. The summed E-state index contributed by atoms with van der Waals surface area (Å²) in [6.07, 6.45) is 3.27. The summed E-state index contributed by atoms with van der Waals surface area (Å²) in [6.45, 7) is 2.36. The molecular formula is C15H22ClFN2O2. The zero-order valence-electron chi connectivity index (χ0n) is 11.9. The molecule has 1 aromatic carbocycles. The van der Waals surface area contributed by atoms with Gasteiger partial charge in [-0.3, -0.25) is 4.79 Å². The normalized spacial score (nSPS) is 17.7. The highest BCUT2D eigenvalue weighted by atomic mass is 35.5. The highest BCUT2D eigenvalue weighted by molar-refractivity contribution is 5.85. The van der Waals surface area contributed by atoms with Crippen molar-refractivity contribution in [1.82, 2.24) is 10.6 Å². The van der Waals surface area contributed by atoms with Gasteiger partial charge in [0.1, 0.15) is 11.6 Å². The fourth-order valence-corrected chi connectivity index (χ4v) is 2.23. The molecular weight excluding hydrogens is 295 g/mol. The van der Waals surface area contributed by atoms with Crippen LogP contribution < -0.4 is 15.4 Å². The predicted octanol–water partition coefficient (Wildman–Crippen LogP) is 2.27. The van der Waals surface area contributed by atoms with Crippen LogP contribution in [0.2, 0.25) is 0 Å². The van der Waals surface area contributed by atoms with E-state index in [1.807, 2.05) is 0 Å². The van der Waals surface area contributed by atoms with Gasteiger partial charge in [0, 0.05) is 19.0 Å². The van der Waals surface area contributed by atoms with Gasteiger partial charge in [-0.25, -0.2) is 4.39 Å². The minimum Gasteiger partial charge on any atom is -0.494 e. The van der Waals surface area contributed by atoms with Gasteiger partial charge in [0.2, 0.25) is 5.91 Å². The molecule has 0 bridgehead atoms. The van der Waals surface area contributed by atoms with Crippen molar-refractivity contribution in [2.45, 2.75) is 31.7 Å². The molecule has 1 amide bonds. The van der Waals surface area contributed by atoms with Crippen LogP contribution in [0.3, 0.4) is 0 Å². The fourth-order valence-electron chi connectivity index (χ4n) is 2.23. The smallest absolute Gasteiger partial charge is 0.220 e. The molecule has 4 nitrogen and oxygen atoms in total. The van der Waals surface area contributed by atoms with Crippen molar-refractivity contribution in [3.8, 4) is 5.75 Å². The molecule has 1 unspecified atom stereocenters.